The zero-order valence-electron chi connectivity index (χ0n) is 15.3. The van der Waals surface area contributed by atoms with Gasteiger partial charge in [-0.3, -0.25) is 9.78 Å². The maximum absolute atomic E-state index is 13.3. The number of Topliss-reactive ketones (excluding diaryl/α,β-unsaturated/α-hetero) is 1. The first-order chi connectivity index (χ1) is 13.8. The fraction of sp³-hybridized carbons (Fsp3) is 0. The summed E-state index contributed by atoms with van der Waals surface area (Å²) in [4.78, 5) is 17.4. The fourth-order valence-electron chi connectivity index (χ4n) is 3.43. The van der Waals surface area contributed by atoms with Gasteiger partial charge in [0.05, 0.1) is 0 Å². The molecule has 2 nitrogen and oxygen atoms in total. The summed E-state index contributed by atoms with van der Waals surface area (Å²) >= 11 is 0. The Bertz CT molecular complexity index is 1000. The molecule has 0 fully saturated rings. The first kappa shape index (κ1) is 18.2. The van der Waals surface area contributed by atoms with Gasteiger partial charge < -0.3 is 0 Å². The molecule has 0 saturated carbocycles. The normalized spacial score (nSPS) is 11.0. The molecule has 0 spiro atoms. The van der Waals surface area contributed by atoms with Gasteiger partial charge in [-0.2, -0.15) is 0 Å². The number of carbonyl (C=O) groups excluding carboxylic acids is 1. The third-order valence-corrected chi connectivity index (χ3v) is 8.73. The quantitative estimate of drug-likeness (QED) is 0.385. The predicted molar refractivity (Wildman–Crippen MR) is 120 cm³/mol. The largest absolute Gasteiger partial charge is 0.289 e. The number of hydrogen-bond acceptors (Lipinski definition) is 2. The van der Waals surface area contributed by atoms with Crippen molar-refractivity contribution in [1.82, 2.24) is 4.98 Å². The summed E-state index contributed by atoms with van der Waals surface area (Å²) in [5.74, 6) is 1.97. The van der Waals surface area contributed by atoms with Gasteiger partial charge in [0.25, 0.3) is 0 Å². The van der Waals surface area contributed by atoms with Gasteiger partial charge in [0.2, 0.25) is 0 Å². The SMILES string of the molecule is O=C(C=P(c1ccccc1)(c1ccccc1)c1ccccc1)c1ccncc1. The monoisotopic (exact) mass is 381 g/mol. The Labute approximate surface area is 165 Å². The maximum atomic E-state index is 13.3. The third kappa shape index (κ3) is 3.47. The Morgan fingerprint density at radius 1 is 0.607 bits per heavy atom. The number of benzene rings is 3. The van der Waals surface area contributed by atoms with Crippen molar-refractivity contribution >= 4 is 34.4 Å². The van der Waals surface area contributed by atoms with Crippen LogP contribution in [-0.2, 0) is 0 Å². The van der Waals surface area contributed by atoms with E-state index in [-0.39, 0.29) is 5.78 Å². The second kappa shape index (κ2) is 8.21. The summed E-state index contributed by atoms with van der Waals surface area (Å²) in [6, 6.07) is 34.6. The zero-order chi connectivity index (χ0) is 19.2. The van der Waals surface area contributed by atoms with E-state index in [0.717, 1.165) is 15.9 Å². The van der Waals surface area contributed by atoms with Crippen LogP contribution < -0.4 is 15.9 Å². The molecule has 0 aliphatic rings. The van der Waals surface area contributed by atoms with Crippen LogP contribution in [-0.4, -0.2) is 16.6 Å². The van der Waals surface area contributed by atoms with Crippen LogP contribution in [0.15, 0.2) is 116 Å². The van der Waals surface area contributed by atoms with Crippen molar-refractivity contribution < 1.29 is 4.79 Å². The van der Waals surface area contributed by atoms with Gasteiger partial charge in [-0.05, 0) is 40.7 Å². The minimum absolute atomic E-state index is 0.0206. The van der Waals surface area contributed by atoms with Crippen molar-refractivity contribution in [2.24, 2.45) is 0 Å². The predicted octanol–water partition coefficient (Wildman–Crippen LogP) is 4.06. The standard InChI is InChI=1S/C25H20NOP/c27-25(21-16-18-26-19-17-21)20-28(22-10-4-1-5-11-22,23-12-6-2-7-13-23)24-14-8-3-9-15-24/h1-20H. The summed E-state index contributed by atoms with van der Waals surface area (Å²) in [6.07, 6.45) is 3.32. The molecule has 0 aliphatic heterocycles. The van der Waals surface area contributed by atoms with E-state index in [2.05, 4.69) is 41.4 Å². The van der Waals surface area contributed by atoms with Crippen LogP contribution in [0.25, 0.3) is 0 Å². The minimum atomic E-state index is -2.27. The molecule has 0 atom stereocenters. The zero-order valence-corrected chi connectivity index (χ0v) is 16.2. The van der Waals surface area contributed by atoms with Crippen LogP contribution in [0.5, 0.6) is 0 Å². The molecule has 0 unspecified atom stereocenters. The molecule has 4 rings (SSSR count). The molecule has 1 heterocycles. The van der Waals surface area contributed by atoms with E-state index in [0.29, 0.717) is 5.56 Å². The molecule has 0 saturated heterocycles. The van der Waals surface area contributed by atoms with Gasteiger partial charge in [0.15, 0.2) is 5.78 Å². The highest BCUT2D eigenvalue weighted by Gasteiger charge is 2.26. The molecule has 1 aromatic heterocycles. The van der Waals surface area contributed by atoms with E-state index >= 15 is 0 Å². The summed E-state index contributed by atoms with van der Waals surface area (Å²) in [6.45, 7) is -2.27. The van der Waals surface area contributed by atoms with Crippen LogP contribution in [0.3, 0.4) is 0 Å². The Balaban J connectivity index is 2.07. The number of hydrogen-bond donors (Lipinski definition) is 0. The van der Waals surface area contributed by atoms with E-state index in [4.69, 9.17) is 0 Å². The van der Waals surface area contributed by atoms with E-state index in [1.54, 1.807) is 24.5 Å². The number of aromatic nitrogens is 1. The third-order valence-electron chi connectivity index (χ3n) is 4.77. The molecule has 4 aromatic rings. The topological polar surface area (TPSA) is 30.0 Å². The van der Waals surface area contributed by atoms with Crippen LogP contribution in [0.2, 0.25) is 0 Å². The molecular formula is C25H20NOP. The second-order valence-electron chi connectivity index (χ2n) is 6.46. The average Bonchev–Trinajstić information content (AvgIpc) is 2.80. The van der Waals surface area contributed by atoms with Crippen LogP contribution in [0, 0.1) is 0 Å². The highest BCUT2D eigenvalue weighted by molar-refractivity contribution is 7.95. The molecule has 0 amide bonds. The lowest BCUT2D eigenvalue weighted by atomic mass is 10.2. The number of pyridine rings is 1. The Morgan fingerprint density at radius 2 is 1.00 bits per heavy atom. The van der Waals surface area contributed by atoms with Crippen LogP contribution in [0.1, 0.15) is 10.4 Å². The van der Waals surface area contributed by atoms with E-state index < -0.39 is 6.89 Å². The smallest absolute Gasteiger partial charge is 0.187 e. The lowest BCUT2D eigenvalue weighted by molar-refractivity contribution is 0.107. The van der Waals surface area contributed by atoms with Gasteiger partial charge in [-0.25, -0.2) is 0 Å². The number of carbonyl (C=O) groups is 1. The van der Waals surface area contributed by atoms with Crippen molar-refractivity contribution in [3.05, 3.63) is 121 Å². The lowest BCUT2D eigenvalue weighted by Gasteiger charge is -2.28. The fourth-order valence-corrected chi connectivity index (χ4v) is 7.20. The van der Waals surface area contributed by atoms with E-state index in [1.165, 1.54) is 0 Å². The molecule has 0 N–H and O–H groups in total. The maximum Gasteiger partial charge on any atom is 0.187 e. The molecule has 0 aliphatic carbocycles. The summed E-state index contributed by atoms with van der Waals surface area (Å²) in [5.41, 5.74) is 0.655. The summed E-state index contributed by atoms with van der Waals surface area (Å²) < 4.78 is 0. The summed E-state index contributed by atoms with van der Waals surface area (Å²) in [7, 11) is 0. The van der Waals surface area contributed by atoms with Crippen LogP contribution >= 0.6 is 6.89 Å². The van der Waals surface area contributed by atoms with Gasteiger partial charge >= 0.3 is 0 Å². The van der Waals surface area contributed by atoms with Gasteiger partial charge in [-0.15, -0.1) is 0 Å². The Kier molecular flexibility index (Phi) is 5.32. The van der Waals surface area contributed by atoms with Gasteiger partial charge in [0.1, 0.15) is 0 Å². The van der Waals surface area contributed by atoms with Gasteiger partial charge in [-0.1, -0.05) is 91.0 Å². The lowest BCUT2D eigenvalue weighted by Crippen LogP contribution is -2.28. The molecular weight excluding hydrogens is 361 g/mol. The molecule has 0 bridgehead atoms. The number of nitrogens with zero attached hydrogens (tertiary/aromatic N) is 1. The van der Waals surface area contributed by atoms with E-state index in [1.807, 2.05) is 60.4 Å². The first-order valence-corrected chi connectivity index (χ1v) is 11.0. The van der Waals surface area contributed by atoms with Gasteiger partial charge in [0, 0.05) is 18.0 Å². The number of rotatable bonds is 5. The molecule has 0 radical (unpaired) electrons. The second-order valence-corrected chi connectivity index (χ2v) is 9.71. The first-order valence-electron chi connectivity index (χ1n) is 9.16. The van der Waals surface area contributed by atoms with Crippen molar-refractivity contribution in [2.45, 2.75) is 0 Å². The molecule has 3 aromatic carbocycles. The molecule has 28 heavy (non-hydrogen) atoms. The van der Waals surface area contributed by atoms with Crippen LogP contribution in [0.4, 0.5) is 0 Å². The van der Waals surface area contributed by atoms with Crippen molar-refractivity contribution in [3.8, 4) is 0 Å². The van der Waals surface area contributed by atoms with Crippen molar-refractivity contribution in [1.29, 1.82) is 0 Å². The number of ketones is 1. The average molecular weight is 381 g/mol. The Morgan fingerprint density at radius 3 is 1.39 bits per heavy atom. The highest BCUT2D eigenvalue weighted by atomic mass is 31.2. The summed E-state index contributed by atoms with van der Waals surface area (Å²) in [5, 5.41) is 3.49. The van der Waals surface area contributed by atoms with Crippen molar-refractivity contribution in [3.63, 3.8) is 0 Å². The molecule has 3 heteroatoms. The molecule has 136 valence electrons. The minimum Gasteiger partial charge on any atom is -0.289 e. The highest BCUT2D eigenvalue weighted by Crippen LogP contribution is 2.43. The Hall–Kier alpha value is -3.22. The van der Waals surface area contributed by atoms with E-state index in [9.17, 15) is 4.79 Å². The van der Waals surface area contributed by atoms with Crippen molar-refractivity contribution in [2.75, 3.05) is 0 Å².